The highest BCUT2D eigenvalue weighted by atomic mass is 19.4. The number of amides is 2. The Morgan fingerprint density at radius 1 is 1.33 bits per heavy atom. The van der Waals surface area contributed by atoms with E-state index >= 15 is 0 Å². The monoisotopic (exact) mass is 346 g/mol. The van der Waals surface area contributed by atoms with E-state index < -0.39 is 12.8 Å². The van der Waals surface area contributed by atoms with Gasteiger partial charge in [-0.3, -0.25) is 0 Å². The largest absolute Gasteiger partial charge is 0.484 e. The highest BCUT2D eigenvalue weighted by Gasteiger charge is 2.28. The number of methoxy groups -OCH3 is 1. The van der Waals surface area contributed by atoms with E-state index in [0.29, 0.717) is 31.3 Å². The van der Waals surface area contributed by atoms with Gasteiger partial charge in [0.2, 0.25) is 0 Å². The normalized spacial score (nSPS) is 18.3. The lowest BCUT2D eigenvalue weighted by molar-refractivity contribution is -0.153. The molecule has 1 unspecified atom stereocenters. The van der Waals surface area contributed by atoms with E-state index in [1.165, 1.54) is 24.3 Å². The number of nitrogens with zero attached hydrogens (tertiary/aromatic N) is 1. The molecule has 1 aromatic rings. The van der Waals surface area contributed by atoms with E-state index in [4.69, 9.17) is 4.74 Å². The summed E-state index contributed by atoms with van der Waals surface area (Å²) < 4.78 is 46.0. The van der Waals surface area contributed by atoms with Crippen molar-refractivity contribution in [3.8, 4) is 5.75 Å². The molecule has 0 bridgehead atoms. The summed E-state index contributed by atoms with van der Waals surface area (Å²) in [6, 6.07) is 5.59. The first-order chi connectivity index (χ1) is 11.4. The smallest absolute Gasteiger partial charge is 0.422 e. The number of halogens is 3. The van der Waals surface area contributed by atoms with Gasteiger partial charge in [0.05, 0.1) is 6.61 Å². The van der Waals surface area contributed by atoms with Gasteiger partial charge in [-0.25, -0.2) is 4.79 Å². The molecule has 1 N–H and O–H groups in total. The fraction of sp³-hybridized carbons (Fsp3) is 0.562. The zero-order valence-corrected chi connectivity index (χ0v) is 13.4. The number of carbonyl (C=O) groups is 1. The molecule has 1 heterocycles. The fourth-order valence-corrected chi connectivity index (χ4v) is 2.62. The summed E-state index contributed by atoms with van der Waals surface area (Å²) in [6.45, 7) is 0.591. The van der Waals surface area contributed by atoms with E-state index in [0.717, 1.165) is 12.8 Å². The molecule has 0 spiro atoms. The summed E-state index contributed by atoms with van der Waals surface area (Å²) >= 11 is 0. The maximum Gasteiger partial charge on any atom is 0.422 e. The first kappa shape index (κ1) is 18.4. The predicted octanol–water partition coefficient (Wildman–Crippen LogP) is 3.52. The zero-order chi connectivity index (χ0) is 17.6. The van der Waals surface area contributed by atoms with E-state index in [1.54, 1.807) is 12.0 Å². The number of piperidine rings is 1. The molecule has 2 rings (SSSR count). The van der Waals surface area contributed by atoms with Crippen molar-refractivity contribution >= 4 is 11.7 Å². The van der Waals surface area contributed by atoms with Crippen LogP contribution in [0.15, 0.2) is 24.3 Å². The third-order valence-electron chi connectivity index (χ3n) is 3.72. The van der Waals surface area contributed by atoms with Crippen LogP contribution in [0.1, 0.15) is 12.8 Å². The molecule has 0 aliphatic carbocycles. The van der Waals surface area contributed by atoms with Crippen LogP contribution in [-0.4, -0.2) is 50.5 Å². The average molecular weight is 346 g/mol. The molecule has 1 aliphatic heterocycles. The minimum Gasteiger partial charge on any atom is -0.484 e. The molecule has 8 heteroatoms. The lowest BCUT2D eigenvalue weighted by atomic mass is 9.99. The number of anilines is 1. The third kappa shape index (κ3) is 5.92. The second kappa shape index (κ2) is 8.23. The molecule has 1 aromatic carbocycles. The van der Waals surface area contributed by atoms with Gasteiger partial charge in [-0.1, -0.05) is 0 Å². The lowest BCUT2D eigenvalue weighted by Gasteiger charge is -2.32. The van der Waals surface area contributed by atoms with Crippen LogP contribution in [0.3, 0.4) is 0 Å². The van der Waals surface area contributed by atoms with Crippen molar-refractivity contribution in [2.45, 2.75) is 19.0 Å². The number of alkyl halides is 3. The number of ether oxygens (including phenoxy) is 2. The minimum absolute atomic E-state index is 0.100. The number of carbonyl (C=O) groups excluding carboxylic acids is 1. The summed E-state index contributed by atoms with van der Waals surface area (Å²) in [5, 5.41) is 2.74. The first-order valence-electron chi connectivity index (χ1n) is 7.72. The number of benzene rings is 1. The number of rotatable bonds is 5. The second-order valence-corrected chi connectivity index (χ2v) is 5.77. The van der Waals surface area contributed by atoms with Crippen LogP contribution in [0, 0.1) is 5.92 Å². The van der Waals surface area contributed by atoms with Gasteiger partial charge in [0.15, 0.2) is 6.61 Å². The van der Waals surface area contributed by atoms with Crippen LogP contribution >= 0.6 is 0 Å². The van der Waals surface area contributed by atoms with Crippen molar-refractivity contribution in [1.82, 2.24) is 4.90 Å². The van der Waals surface area contributed by atoms with Crippen LogP contribution in [0.4, 0.5) is 23.7 Å². The number of urea groups is 1. The minimum atomic E-state index is -4.38. The van der Waals surface area contributed by atoms with Gasteiger partial charge in [0.25, 0.3) is 0 Å². The Kier molecular flexibility index (Phi) is 6.30. The molecular formula is C16H21F3N2O3. The van der Waals surface area contributed by atoms with Gasteiger partial charge in [-0.15, -0.1) is 0 Å². The maximum absolute atomic E-state index is 12.3. The van der Waals surface area contributed by atoms with Gasteiger partial charge in [0.1, 0.15) is 5.75 Å². The van der Waals surface area contributed by atoms with Crippen LogP contribution < -0.4 is 10.1 Å². The van der Waals surface area contributed by atoms with Gasteiger partial charge in [0, 0.05) is 31.8 Å². The lowest BCUT2D eigenvalue weighted by Crippen LogP contribution is -2.43. The number of nitrogens with one attached hydrogen (secondary N) is 1. The summed E-state index contributed by atoms with van der Waals surface area (Å²) in [7, 11) is 1.64. The molecule has 24 heavy (non-hydrogen) atoms. The number of hydrogen-bond acceptors (Lipinski definition) is 3. The molecule has 0 saturated carbocycles. The van der Waals surface area contributed by atoms with Crippen molar-refractivity contribution < 1.29 is 27.4 Å². The molecule has 1 atom stereocenters. The summed E-state index contributed by atoms with van der Waals surface area (Å²) in [4.78, 5) is 14.0. The van der Waals surface area contributed by atoms with Gasteiger partial charge in [-0.2, -0.15) is 13.2 Å². The van der Waals surface area contributed by atoms with E-state index in [1.807, 2.05) is 0 Å². The average Bonchev–Trinajstić information content (AvgIpc) is 2.54. The SMILES string of the molecule is COCC1CCCN(C(=O)Nc2ccc(OCC(F)(F)F)cc2)C1. The molecule has 1 fully saturated rings. The first-order valence-corrected chi connectivity index (χ1v) is 7.72. The number of likely N-dealkylation sites (tertiary alicyclic amines) is 1. The Labute approximate surface area is 138 Å². The molecule has 2 amide bonds. The molecule has 5 nitrogen and oxygen atoms in total. The quantitative estimate of drug-likeness (QED) is 0.888. The summed E-state index contributed by atoms with van der Waals surface area (Å²) in [6.07, 6.45) is -2.42. The Morgan fingerprint density at radius 2 is 2.04 bits per heavy atom. The van der Waals surface area contributed by atoms with Crippen molar-refractivity contribution in [2.75, 3.05) is 38.7 Å². The van der Waals surface area contributed by atoms with Crippen LogP contribution in [-0.2, 0) is 4.74 Å². The summed E-state index contributed by atoms with van der Waals surface area (Å²) in [5.74, 6) is 0.427. The van der Waals surface area contributed by atoms with Crippen molar-refractivity contribution in [2.24, 2.45) is 5.92 Å². The Bertz CT molecular complexity index is 532. The number of hydrogen-bond donors (Lipinski definition) is 1. The topological polar surface area (TPSA) is 50.8 Å². The fourth-order valence-electron chi connectivity index (χ4n) is 2.62. The predicted molar refractivity (Wildman–Crippen MR) is 83.2 cm³/mol. The Morgan fingerprint density at radius 3 is 2.67 bits per heavy atom. The van der Waals surface area contributed by atoms with Gasteiger partial charge < -0.3 is 19.7 Å². The van der Waals surface area contributed by atoms with E-state index in [9.17, 15) is 18.0 Å². The highest BCUT2D eigenvalue weighted by molar-refractivity contribution is 5.89. The van der Waals surface area contributed by atoms with Crippen LogP contribution in [0.5, 0.6) is 5.75 Å². The maximum atomic E-state index is 12.3. The van der Waals surface area contributed by atoms with Crippen molar-refractivity contribution in [1.29, 1.82) is 0 Å². The second-order valence-electron chi connectivity index (χ2n) is 5.77. The molecule has 134 valence electrons. The zero-order valence-electron chi connectivity index (χ0n) is 13.4. The van der Waals surface area contributed by atoms with Gasteiger partial charge >= 0.3 is 12.2 Å². The highest BCUT2D eigenvalue weighted by Crippen LogP contribution is 2.21. The van der Waals surface area contributed by atoms with Crippen LogP contribution in [0.2, 0.25) is 0 Å². The summed E-state index contributed by atoms with van der Waals surface area (Å²) in [5.41, 5.74) is 0.508. The molecular weight excluding hydrogens is 325 g/mol. The van der Waals surface area contributed by atoms with E-state index in [-0.39, 0.29) is 11.8 Å². The standard InChI is InChI=1S/C16H21F3N2O3/c1-23-10-12-3-2-8-21(9-12)15(22)20-13-4-6-14(7-5-13)24-11-16(17,18)19/h4-7,12H,2-3,8-11H2,1H3,(H,20,22). The van der Waals surface area contributed by atoms with E-state index in [2.05, 4.69) is 10.1 Å². The Balaban J connectivity index is 1.85. The third-order valence-corrected chi connectivity index (χ3v) is 3.72. The van der Waals surface area contributed by atoms with Gasteiger partial charge in [-0.05, 0) is 37.1 Å². The Hall–Kier alpha value is -1.96. The molecule has 1 aliphatic rings. The molecule has 0 radical (unpaired) electrons. The molecule has 1 saturated heterocycles. The van der Waals surface area contributed by atoms with Crippen molar-refractivity contribution in [3.05, 3.63) is 24.3 Å². The van der Waals surface area contributed by atoms with Crippen molar-refractivity contribution in [3.63, 3.8) is 0 Å². The van der Waals surface area contributed by atoms with Crippen LogP contribution in [0.25, 0.3) is 0 Å². The molecule has 0 aromatic heterocycles.